The van der Waals surface area contributed by atoms with Gasteiger partial charge >= 0.3 is 17.9 Å². The highest BCUT2D eigenvalue weighted by molar-refractivity contribution is 5.71. The van der Waals surface area contributed by atoms with Crippen molar-refractivity contribution >= 4 is 17.9 Å². The number of unbranched alkanes of at least 4 members (excludes halogenated alkanes) is 51. The van der Waals surface area contributed by atoms with E-state index < -0.39 is 6.10 Å². The number of hydrogen-bond acceptors (Lipinski definition) is 6. The predicted molar refractivity (Wildman–Crippen MR) is 353 cm³/mol. The zero-order valence-electron chi connectivity index (χ0n) is 54.8. The van der Waals surface area contributed by atoms with E-state index in [1.807, 2.05) is 0 Å². The number of rotatable bonds is 68. The van der Waals surface area contributed by atoms with Crippen LogP contribution in [0.3, 0.4) is 0 Å². The summed E-state index contributed by atoms with van der Waals surface area (Å²) in [6.45, 7) is 6.68. The van der Waals surface area contributed by atoms with Crippen molar-refractivity contribution in [2.45, 2.75) is 412 Å². The number of esters is 3. The lowest BCUT2D eigenvalue weighted by Crippen LogP contribution is -2.30. The summed E-state index contributed by atoms with van der Waals surface area (Å²) in [5.41, 5.74) is 0. The Morgan fingerprint density at radius 1 is 0.247 bits per heavy atom. The summed E-state index contributed by atoms with van der Waals surface area (Å²) in [7, 11) is 0. The number of carbonyl (C=O) groups is 3. The molecule has 0 bridgehead atoms. The van der Waals surface area contributed by atoms with Gasteiger partial charge in [-0.2, -0.15) is 0 Å². The zero-order valence-corrected chi connectivity index (χ0v) is 54.8. The first-order chi connectivity index (χ1) is 40.0. The molecule has 0 amide bonds. The minimum Gasteiger partial charge on any atom is -0.462 e. The fraction of sp³-hybridized carbons (Fsp3) is 0.880. The van der Waals surface area contributed by atoms with Crippen LogP contribution in [-0.2, 0) is 28.6 Å². The Labute approximate surface area is 506 Å². The Morgan fingerprint density at radius 3 is 0.691 bits per heavy atom. The minimum atomic E-state index is -0.772. The Kier molecular flexibility index (Phi) is 68.1. The maximum atomic E-state index is 12.9. The number of allylic oxidation sites excluding steroid dienone is 6. The Bertz CT molecular complexity index is 1350. The molecule has 0 aliphatic heterocycles. The topological polar surface area (TPSA) is 78.9 Å². The number of carbonyl (C=O) groups excluding carboxylic acids is 3. The second kappa shape index (κ2) is 70.1. The number of ether oxygens (including phenoxy) is 3. The summed E-state index contributed by atoms with van der Waals surface area (Å²) in [6.07, 6.45) is 87.7. The van der Waals surface area contributed by atoms with Gasteiger partial charge in [-0.15, -0.1) is 0 Å². The maximum absolute atomic E-state index is 12.9. The molecule has 476 valence electrons. The van der Waals surface area contributed by atoms with Crippen molar-refractivity contribution in [1.29, 1.82) is 0 Å². The average molecular weight is 1140 g/mol. The summed E-state index contributed by atoms with van der Waals surface area (Å²) >= 11 is 0. The van der Waals surface area contributed by atoms with E-state index in [0.717, 1.165) is 70.6 Å². The van der Waals surface area contributed by atoms with Gasteiger partial charge < -0.3 is 14.2 Å². The monoisotopic (exact) mass is 1140 g/mol. The standard InChI is InChI=1S/C75H140O6/c1-4-7-10-13-16-19-22-25-27-29-30-31-32-33-34-35-36-37-38-39-40-41-42-43-44-45-46-47-49-50-53-56-59-62-65-68-74(77)80-71-72(70-79-73(76)67-64-61-58-55-52-24-21-18-15-12-9-6-3)81-75(78)69-66-63-60-57-54-51-48-28-26-23-20-17-14-11-8-5-2/h22,25,28-30,48,72H,4-21,23-24,26-27,31-47,49-71H2,1-3H3/b25-22-,30-29-,48-28-. The summed E-state index contributed by atoms with van der Waals surface area (Å²) < 4.78 is 17.0. The molecule has 0 aliphatic rings. The van der Waals surface area contributed by atoms with Gasteiger partial charge in [-0.3, -0.25) is 14.4 Å². The highest BCUT2D eigenvalue weighted by atomic mass is 16.6. The number of hydrogen-bond donors (Lipinski definition) is 0. The second-order valence-electron chi connectivity index (χ2n) is 24.9. The summed E-state index contributed by atoms with van der Waals surface area (Å²) in [4.78, 5) is 38.3. The largest absolute Gasteiger partial charge is 0.462 e. The van der Waals surface area contributed by atoms with E-state index in [2.05, 4.69) is 57.2 Å². The van der Waals surface area contributed by atoms with Crippen LogP contribution in [0.25, 0.3) is 0 Å². The van der Waals surface area contributed by atoms with Crippen molar-refractivity contribution in [2.75, 3.05) is 13.2 Å². The molecule has 1 atom stereocenters. The van der Waals surface area contributed by atoms with Crippen LogP contribution in [0.2, 0.25) is 0 Å². The summed E-state index contributed by atoms with van der Waals surface area (Å²) in [5, 5.41) is 0. The van der Waals surface area contributed by atoms with E-state index in [1.54, 1.807) is 0 Å². The highest BCUT2D eigenvalue weighted by Gasteiger charge is 2.19. The summed E-state index contributed by atoms with van der Waals surface area (Å²) in [6, 6.07) is 0. The maximum Gasteiger partial charge on any atom is 0.306 e. The van der Waals surface area contributed by atoms with Crippen molar-refractivity contribution in [3.05, 3.63) is 36.5 Å². The van der Waals surface area contributed by atoms with Crippen LogP contribution < -0.4 is 0 Å². The van der Waals surface area contributed by atoms with Crippen molar-refractivity contribution in [3.8, 4) is 0 Å². The Balaban J connectivity index is 4.04. The van der Waals surface area contributed by atoms with Gasteiger partial charge in [-0.25, -0.2) is 0 Å². The molecule has 1 unspecified atom stereocenters. The van der Waals surface area contributed by atoms with E-state index >= 15 is 0 Å². The molecule has 0 radical (unpaired) electrons. The van der Waals surface area contributed by atoms with Crippen molar-refractivity contribution in [2.24, 2.45) is 0 Å². The van der Waals surface area contributed by atoms with Crippen LogP contribution in [0.15, 0.2) is 36.5 Å². The van der Waals surface area contributed by atoms with Crippen LogP contribution in [0.4, 0.5) is 0 Å². The molecule has 6 nitrogen and oxygen atoms in total. The lowest BCUT2D eigenvalue weighted by molar-refractivity contribution is -0.167. The SMILES string of the molecule is CCCCCCC/C=C\C/C=C\CCCCCCCCCCCCCCCCCCCCCCCCCC(=O)OCC(COC(=O)CCCCCCCCCCCCCC)OC(=O)CCCCCCC/C=C\CCCCCCCCC. The van der Waals surface area contributed by atoms with E-state index in [-0.39, 0.29) is 31.1 Å². The van der Waals surface area contributed by atoms with Gasteiger partial charge in [0.25, 0.3) is 0 Å². The fourth-order valence-corrected chi connectivity index (χ4v) is 11.1. The molecule has 0 aliphatic carbocycles. The van der Waals surface area contributed by atoms with Crippen molar-refractivity contribution < 1.29 is 28.6 Å². The molecular weight excluding hydrogens is 997 g/mol. The van der Waals surface area contributed by atoms with Crippen LogP contribution >= 0.6 is 0 Å². The van der Waals surface area contributed by atoms with Crippen LogP contribution in [-0.4, -0.2) is 37.2 Å². The first-order valence-corrected chi connectivity index (χ1v) is 36.5. The van der Waals surface area contributed by atoms with Gasteiger partial charge in [0.1, 0.15) is 13.2 Å². The van der Waals surface area contributed by atoms with Crippen molar-refractivity contribution in [1.82, 2.24) is 0 Å². The van der Waals surface area contributed by atoms with E-state index in [1.165, 1.54) is 295 Å². The minimum absolute atomic E-state index is 0.0689. The van der Waals surface area contributed by atoms with Crippen LogP contribution in [0, 0.1) is 0 Å². The molecule has 0 spiro atoms. The molecule has 0 N–H and O–H groups in total. The molecule has 0 aromatic carbocycles. The van der Waals surface area contributed by atoms with Gasteiger partial charge in [0.05, 0.1) is 0 Å². The first kappa shape index (κ1) is 78.6. The molecule has 81 heavy (non-hydrogen) atoms. The van der Waals surface area contributed by atoms with Gasteiger partial charge in [0.2, 0.25) is 0 Å². The van der Waals surface area contributed by atoms with Gasteiger partial charge in [0.15, 0.2) is 6.10 Å². The quantitative estimate of drug-likeness (QED) is 0.0261. The summed E-state index contributed by atoms with van der Waals surface area (Å²) in [5.74, 6) is -0.849. The smallest absolute Gasteiger partial charge is 0.306 e. The molecule has 0 fully saturated rings. The fourth-order valence-electron chi connectivity index (χ4n) is 11.1. The third kappa shape index (κ3) is 68.3. The molecule has 6 heteroatoms. The average Bonchev–Trinajstić information content (AvgIpc) is 3.47. The van der Waals surface area contributed by atoms with Gasteiger partial charge in [0, 0.05) is 19.3 Å². The Hall–Kier alpha value is -2.37. The van der Waals surface area contributed by atoms with E-state index in [4.69, 9.17) is 14.2 Å². The lowest BCUT2D eigenvalue weighted by atomic mass is 10.0. The van der Waals surface area contributed by atoms with E-state index in [9.17, 15) is 14.4 Å². The predicted octanol–water partition coefficient (Wildman–Crippen LogP) is 25.1. The molecular formula is C75H140O6. The molecule has 0 saturated heterocycles. The van der Waals surface area contributed by atoms with Crippen LogP contribution in [0.1, 0.15) is 406 Å². The molecule has 0 heterocycles. The van der Waals surface area contributed by atoms with E-state index in [0.29, 0.717) is 19.3 Å². The molecule has 0 aromatic heterocycles. The van der Waals surface area contributed by atoms with Crippen LogP contribution in [0.5, 0.6) is 0 Å². The van der Waals surface area contributed by atoms with Gasteiger partial charge in [-0.05, 0) is 77.0 Å². The third-order valence-electron chi connectivity index (χ3n) is 16.6. The normalized spacial score (nSPS) is 12.2. The van der Waals surface area contributed by atoms with Gasteiger partial charge in [-0.1, -0.05) is 346 Å². The molecule has 0 rings (SSSR count). The molecule has 0 saturated carbocycles. The highest BCUT2D eigenvalue weighted by Crippen LogP contribution is 2.19. The molecule has 0 aromatic rings. The second-order valence-corrected chi connectivity index (χ2v) is 24.9. The lowest BCUT2D eigenvalue weighted by Gasteiger charge is -2.18. The Morgan fingerprint density at radius 2 is 0.444 bits per heavy atom. The van der Waals surface area contributed by atoms with Crippen molar-refractivity contribution in [3.63, 3.8) is 0 Å². The first-order valence-electron chi connectivity index (χ1n) is 36.5. The zero-order chi connectivity index (χ0) is 58.5. The third-order valence-corrected chi connectivity index (χ3v) is 16.6.